The minimum Gasteiger partial charge on any atom is -0.441 e. The fraction of sp³-hybridized carbons (Fsp3) is 0.529. The Morgan fingerprint density at radius 3 is 3.05 bits per heavy atom. The van der Waals surface area contributed by atoms with E-state index in [0.29, 0.717) is 18.2 Å². The van der Waals surface area contributed by atoms with Crippen molar-refractivity contribution in [1.29, 1.82) is 0 Å². The molecule has 0 spiro atoms. The third kappa shape index (κ3) is 2.43. The highest BCUT2D eigenvalue weighted by Gasteiger charge is 2.40. The lowest BCUT2D eigenvalue weighted by atomic mass is 9.86. The van der Waals surface area contributed by atoms with E-state index in [4.69, 9.17) is 4.42 Å². The van der Waals surface area contributed by atoms with Gasteiger partial charge in [0, 0.05) is 19.0 Å². The number of nitrogens with one attached hydrogen (secondary N) is 1. The van der Waals surface area contributed by atoms with Gasteiger partial charge in [0.1, 0.15) is 5.52 Å². The van der Waals surface area contributed by atoms with Gasteiger partial charge >= 0.3 is 0 Å². The molecule has 0 saturated heterocycles. The molecule has 0 radical (unpaired) electrons. The molecule has 2 bridgehead atoms. The standard InChI is InChI=1S/C17H20N2O2/c1-10-18-15-9-14(4-5-16(15)21-10)19-17(20)8-13-7-11-2-3-12(13)6-11/h4-5,9,11-13H,2-3,6-8H2,1H3,(H,19,20)/t11-,12-,13-/m0/s1. The highest BCUT2D eigenvalue weighted by molar-refractivity contribution is 5.92. The van der Waals surface area contributed by atoms with Crippen LogP contribution in [0.2, 0.25) is 0 Å². The van der Waals surface area contributed by atoms with Crippen LogP contribution in [0.25, 0.3) is 11.1 Å². The summed E-state index contributed by atoms with van der Waals surface area (Å²) in [7, 11) is 0. The second-order valence-corrected chi connectivity index (χ2v) is 6.60. The number of carbonyl (C=O) groups excluding carboxylic acids is 1. The van der Waals surface area contributed by atoms with E-state index in [1.165, 1.54) is 25.7 Å². The molecular formula is C17H20N2O2. The Balaban J connectivity index is 1.43. The number of rotatable bonds is 3. The van der Waals surface area contributed by atoms with Crippen molar-refractivity contribution in [1.82, 2.24) is 4.98 Å². The number of amides is 1. The number of nitrogens with zero attached hydrogens (tertiary/aromatic N) is 1. The molecule has 4 rings (SSSR count). The number of hydrogen-bond acceptors (Lipinski definition) is 3. The first kappa shape index (κ1) is 12.9. The first-order valence-corrected chi connectivity index (χ1v) is 7.84. The van der Waals surface area contributed by atoms with Crippen LogP contribution in [0.1, 0.15) is 38.0 Å². The summed E-state index contributed by atoms with van der Waals surface area (Å²) in [6.45, 7) is 1.83. The third-order valence-electron chi connectivity index (χ3n) is 5.11. The van der Waals surface area contributed by atoms with Crippen molar-refractivity contribution in [3.05, 3.63) is 24.1 Å². The van der Waals surface area contributed by atoms with Gasteiger partial charge in [-0.2, -0.15) is 0 Å². The van der Waals surface area contributed by atoms with Gasteiger partial charge < -0.3 is 9.73 Å². The lowest BCUT2D eigenvalue weighted by molar-refractivity contribution is -0.117. The van der Waals surface area contributed by atoms with Crippen LogP contribution < -0.4 is 5.32 Å². The second-order valence-electron chi connectivity index (χ2n) is 6.60. The monoisotopic (exact) mass is 284 g/mol. The van der Waals surface area contributed by atoms with Gasteiger partial charge in [0.2, 0.25) is 5.91 Å². The fourth-order valence-electron chi connectivity index (χ4n) is 4.20. The van der Waals surface area contributed by atoms with Gasteiger partial charge in [0.05, 0.1) is 0 Å². The molecule has 2 aliphatic rings. The number of aryl methyl sites for hydroxylation is 1. The van der Waals surface area contributed by atoms with Gasteiger partial charge in [-0.05, 0) is 55.2 Å². The van der Waals surface area contributed by atoms with E-state index in [2.05, 4.69) is 10.3 Å². The highest BCUT2D eigenvalue weighted by atomic mass is 16.3. The summed E-state index contributed by atoms with van der Waals surface area (Å²) in [5.41, 5.74) is 2.37. The van der Waals surface area contributed by atoms with Crippen LogP contribution in [0.3, 0.4) is 0 Å². The Kier molecular flexibility index (Phi) is 2.98. The third-order valence-corrected chi connectivity index (χ3v) is 5.11. The summed E-state index contributed by atoms with van der Waals surface area (Å²) in [6, 6.07) is 5.62. The normalized spacial score (nSPS) is 27.4. The maximum atomic E-state index is 12.2. The molecule has 21 heavy (non-hydrogen) atoms. The summed E-state index contributed by atoms with van der Waals surface area (Å²) in [5.74, 6) is 3.06. The molecule has 2 fully saturated rings. The van der Waals surface area contributed by atoms with Gasteiger partial charge in [-0.15, -0.1) is 0 Å². The Labute approximate surface area is 123 Å². The average Bonchev–Trinajstić information content (AvgIpc) is 3.11. The zero-order valence-electron chi connectivity index (χ0n) is 12.3. The van der Waals surface area contributed by atoms with E-state index < -0.39 is 0 Å². The van der Waals surface area contributed by atoms with Crippen LogP contribution in [0, 0.1) is 24.7 Å². The van der Waals surface area contributed by atoms with Crippen LogP contribution in [0.15, 0.2) is 22.6 Å². The van der Waals surface area contributed by atoms with Crippen LogP contribution in [0.5, 0.6) is 0 Å². The van der Waals surface area contributed by atoms with E-state index >= 15 is 0 Å². The van der Waals surface area contributed by atoms with Crippen LogP contribution in [0.4, 0.5) is 5.69 Å². The van der Waals surface area contributed by atoms with Crippen LogP contribution in [-0.2, 0) is 4.79 Å². The minimum atomic E-state index is 0.132. The predicted octanol–water partition coefficient (Wildman–Crippen LogP) is 3.90. The Bertz CT molecular complexity index is 691. The van der Waals surface area contributed by atoms with Crippen molar-refractivity contribution >= 4 is 22.7 Å². The lowest BCUT2D eigenvalue weighted by Crippen LogP contribution is -2.20. The van der Waals surface area contributed by atoms with Crippen molar-refractivity contribution in [2.24, 2.45) is 17.8 Å². The number of anilines is 1. The van der Waals surface area contributed by atoms with E-state index in [-0.39, 0.29) is 5.91 Å². The molecule has 4 nitrogen and oxygen atoms in total. The number of fused-ring (bicyclic) bond motifs is 3. The molecule has 1 aromatic carbocycles. The van der Waals surface area contributed by atoms with Crippen molar-refractivity contribution < 1.29 is 9.21 Å². The first-order chi connectivity index (χ1) is 10.2. The van der Waals surface area contributed by atoms with E-state index in [1.807, 2.05) is 25.1 Å². The maximum absolute atomic E-state index is 12.2. The SMILES string of the molecule is Cc1nc2cc(NC(=O)C[C@@H]3C[C@H]4CC[C@H]3C4)ccc2o1. The summed E-state index contributed by atoms with van der Waals surface area (Å²) in [5, 5.41) is 3.01. The molecule has 110 valence electrons. The Morgan fingerprint density at radius 2 is 2.29 bits per heavy atom. The van der Waals surface area contributed by atoms with Crippen molar-refractivity contribution in [2.45, 2.75) is 39.0 Å². The Hall–Kier alpha value is -1.84. The average molecular weight is 284 g/mol. The molecule has 2 aromatic rings. The molecule has 3 atom stereocenters. The van der Waals surface area contributed by atoms with Gasteiger partial charge in [-0.3, -0.25) is 4.79 Å². The summed E-state index contributed by atoms with van der Waals surface area (Å²) >= 11 is 0. The van der Waals surface area contributed by atoms with Gasteiger partial charge in [-0.1, -0.05) is 6.42 Å². The number of aromatic nitrogens is 1. The lowest BCUT2D eigenvalue weighted by Gasteiger charge is -2.20. The summed E-state index contributed by atoms with van der Waals surface area (Å²) in [6.07, 6.45) is 5.97. The van der Waals surface area contributed by atoms with E-state index in [0.717, 1.165) is 28.6 Å². The van der Waals surface area contributed by atoms with Crippen molar-refractivity contribution in [3.8, 4) is 0 Å². The number of carbonyl (C=O) groups is 1. The molecule has 1 aromatic heterocycles. The predicted molar refractivity (Wildman–Crippen MR) is 80.9 cm³/mol. The molecule has 1 amide bonds. The molecule has 2 aliphatic carbocycles. The van der Waals surface area contributed by atoms with E-state index in [9.17, 15) is 4.79 Å². The molecule has 1 heterocycles. The topological polar surface area (TPSA) is 55.1 Å². The van der Waals surface area contributed by atoms with Crippen molar-refractivity contribution in [2.75, 3.05) is 5.32 Å². The zero-order chi connectivity index (χ0) is 14.4. The number of hydrogen-bond donors (Lipinski definition) is 1. The molecule has 1 N–H and O–H groups in total. The smallest absolute Gasteiger partial charge is 0.224 e. The summed E-state index contributed by atoms with van der Waals surface area (Å²) in [4.78, 5) is 16.5. The molecule has 2 saturated carbocycles. The fourth-order valence-corrected chi connectivity index (χ4v) is 4.20. The quantitative estimate of drug-likeness (QED) is 0.930. The molecule has 0 unspecified atom stereocenters. The highest BCUT2D eigenvalue weighted by Crippen LogP contribution is 2.49. The molecule has 0 aliphatic heterocycles. The number of benzene rings is 1. The Morgan fingerprint density at radius 1 is 1.38 bits per heavy atom. The summed E-state index contributed by atoms with van der Waals surface area (Å²) < 4.78 is 5.45. The molecular weight excluding hydrogens is 264 g/mol. The van der Waals surface area contributed by atoms with Crippen molar-refractivity contribution in [3.63, 3.8) is 0 Å². The largest absolute Gasteiger partial charge is 0.441 e. The van der Waals surface area contributed by atoms with Gasteiger partial charge in [-0.25, -0.2) is 4.98 Å². The minimum absolute atomic E-state index is 0.132. The van der Waals surface area contributed by atoms with Gasteiger partial charge in [0.15, 0.2) is 11.5 Å². The van der Waals surface area contributed by atoms with Crippen LogP contribution in [-0.4, -0.2) is 10.9 Å². The molecule has 4 heteroatoms. The van der Waals surface area contributed by atoms with Crippen LogP contribution >= 0.6 is 0 Å². The van der Waals surface area contributed by atoms with Gasteiger partial charge in [0.25, 0.3) is 0 Å². The number of oxazole rings is 1. The first-order valence-electron chi connectivity index (χ1n) is 7.84. The van der Waals surface area contributed by atoms with E-state index in [1.54, 1.807) is 0 Å². The zero-order valence-corrected chi connectivity index (χ0v) is 12.3. The maximum Gasteiger partial charge on any atom is 0.224 e. The second kappa shape index (κ2) is 4.86.